The molecule has 0 saturated carbocycles. The summed E-state index contributed by atoms with van der Waals surface area (Å²) in [4.78, 5) is 22.0. The Hall–Kier alpha value is -3.62. The van der Waals surface area contributed by atoms with Crippen molar-refractivity contribution in [1.29, 1.82) is 0 Å². The highest BCUT2D eigenvalue weighted by Gasteiger charge is 2.19. The predicted molar refractivity (Wildman–Crippen MR) is 96.7 cm³/mol. The number of phenols is 1. The number of rotatable bonds is 7. The van der Waals surface area contributed by atoms with Gasteiger partial charge in [0, 0.05) is 17.3 Å². The maximum atomic E-state index is 11.8. The second-order valence-electron chi connectivity index (χ2n) is 5.36. The van der Waals surface area contributed by atoms with Crippen molar-refractivity contribution in [2.75, 3.05) is 19.0 Å². The maximum Gasteiger partial charge on any atom is 0.315 e. The highest BCUT2D eigenvalue weighted by molar-refractivity contribution is 5.86. The first kappa shape index (κ1) is 18.7. The predicted octanol–water partition coefficient (Wildman–Crippen LogP) is 2.18. The number of hydrazone groups is 1. The van der Waals surface area contributed by atoms with Gasteiger partial charge >= 0.3 is 5.69 Å². The van der Waals surface area contributed by atoms with Gasteiger partial charge in [-0.15, -0.1) is 0 Å². The summed E-state index contributed by atoms with van der Waals surface area (Å²) < 4.78 is 4.89. The molecule has 26 heavy (non-hydrogen) atoms. The minimum absolute atomic E-state index is 0.0133. The molecule has 0 aromatic heterocycles. The molecule has 0 saturated heterocycles. The second kappa shape index (κ2) is 8.47. The lowest BCUT2D eigenvalue weighted by Gasteiger charge is -2.06. The number of nitro groups is 1. The number of carbonyl (C=O) groups is 1. The maximum absolute atomic E-state index is 11.8. The molecule has 0 atom stereocenters. The fourth-order valence-electron chi connectivity index (χ4n) is 2.06. The van der Waals surface area contributed by atoms with Gasteiger partial charge in [0.05, 0.1) is 24.8 Å². The number of ether oxygens (including phenoxy) is 1. The van der Waals surface area contributed by atoms with E-state index in [-0.39, 0.29) is 23.8 Å². The Morgan fingerprint density at radius 2 is 2.04 bits per heavy atom. The molecule has 0 spiro atoms. The third-order valence-electron chi connectivity index (χ3n) is 3.40. The molecule has 0 heterocycles. The van der Waals surface area contributed by atoms with Gasteiger partial charge in [0.25, 0.3) is 5.91 Å². The van der Waals surface area contributed by atoms with Crippen LogP contribution >= 0.6 is 0 Å². The molecule has 9 nitrogen and oxygen atoms in total. The first-order chi connectivity index (χ1) is 12.4. The Labute approximate surface area is 149 Å². The first-order valence-electron chi connectivity index (χ1n) is 7.58. The van der Waals surface area contributed by atoms with Crippen LogP contribution in [-0.4, -0.2) is 35.8 Å². The zero-order valence-corrected chi connectivity index (χ0v) is 14.2. The number of aromatic hydroxyl groups is 1. The van der Waals surface area contributed by atoms with Crippen molar-refractivity contribution in [3.05, 3.63) is 57.6 Å². The zero-order chi connectivity index (χ0) is 19.1. The highest BCUT2D eigenvalue weighted by atomic mass is 16.6. The van der Waals surface area contributed by atoms with Crippen molar-refractivity contribution in [2.24, 2.45) is 5.10 Å². The van der Waals surface area contributed by atoms with Crippen LogP contribution in [0, 0.1) is 17.0 Å². The molecule has 0 aliphatic carbocycles. The molecule has 0 aliphatic heterocycles. The Morgan fingerprint density at radius 3 is 2.65 bits per heavy atom. The van der Waals surface area contributed by atoms with Crippen LogP contribution in [0.2, 0.25) is 0 Å². The Balaban J connectivity index is 1.96. The number of methoxy groups -OCH3 is 1. The van der Waals surface area contributed by atoms with Crippen LogP contribution in [-0.2, 0) is 4.79 Å². The number of aryl methyl sites for hydroxylation is 1. The van der Waals surface area contributed by atoms with E-state index in [4.69, 9.17) is 4.74 Å². The molecule has 0 radical (unpaired) electrons. The zero-order valence-electron chi connectivity index (χ0n) is 14.2. The van der Waals surface area contributed by atoms with E-state index >= 15 is 0 Å². The first-order valence-corrected chi connectivity index (χ1v) is 7.58. The van der Waals surface area contributed by atoms with E-state index in [1.807, 2.05) is 31.2 Å². The number of carbonyl (C=O) groups excluding carboxylic acids is 1. The van der Waals surface area contributed by atoms with Gasteiger partial charge in [-0.05, 0) is 25.1 Å². The standard InChI is InChI=1S/C17H18N4O5/c1-11-3-5-13(6-4-11)18-10-16(22)20-19-9-12-7-14(21(24)25)17(23)15(8-12)26-2/h3-9,18,23H,10H2,1-2H3,(H,20,22). The lowest BCUT2D eigenvalue weighted by molar-refractivity contribution is -0.386. The molecule has 2 aromatic carbocycles. The molecule has 136 valence electrons. The minimum Gasteiger partial charge on any atom is -0.500 e. The van der Waals surface area contributed by atoms with Gasteiger partial charge in [-0.3, -0.25) is 14.9 Å². The van der Waals surface area contributed by atoms with Crippen molar-refractivity contribution in [2.45, 2.75) is 6.92 Å². The number of hydrogen-bond donors (Lipinski definition) is 3. The van der Waals surface area contributed by atoms with Gasteiger partial charge in [-0.25, -0.2) is 5.43 Å². The van der Waals surface area contributed by atoms with E-state index in [0.717, 1.165) is 17.3 Å². The molecule has 0 unspecified atom stereocenters. The van der Waals surface area contributed by atoms with Crippen molar-refractivity contribution in [3.63, 3.8) is 0 Å². The lowest BCUT2D eigenvalue weighted by atomic mass is 10.2. The lowest BCUT2D eigenvalue weighted by Crippen LogP contribution is -2.25. The van der Waals surface area contributed by atoms with Crippen molar-refractivity contribution in [1.82, 2.24) is 5.43 Å². The number of nitrogens with one attached hydrogen (secondary N) is 2. The Morgan fingerprint density at radius 1 is 1.35 bits per heavy atom. The van der Waals surface area contributed by atoms with Crippen molar-refractivity contribution in [3.8, 4) is 11.5 Å². The van der Waals surface area contributed by atoms with Gasteiger partial charge < -0.3 is 15.2 Å². The van der Waals surface area contributed by atoms with Crippen molar-refractivity contribution >= 4 is 23.5 Å². The summed E-state index contributed by atoms with van der Waals surface area (Å²) in [5.41, 5.74) is 4.00. The number of benzene rings is 2. The SMILES string of the molecule is COc1cc(C=NNC(=O)CNc2ccc(C)cc2)cc([N+](=O)[O-])c1O. The van der Waals surface area contributed by atoms with Gasteiger partial charge in [0.1, 0.15) is 0 Å². The fraction of sp³-hybridized carbons (Fsp3) is 0.176. The second-order valence-corrected chi connectivity index (χ2v) is 5.36. The Bertz CT molecular complexity index is 834. The molecule has 1 amide bonds. The van der Waals surface area contributed by atoms with Crippen LogP contribution in [0.4, 0.5) is 11.4 Å². The molecule has 0 fully saturated rings. The van der Waals surface area contributed by atoms with Crippen LogP contribution in [0.5, 0.6) is 11.5 Å². The molecule has 9 heteroatoms. The molecule has 0 bridgehead atoms. The molecular weight excluding hydrogens is 340 g/mol. The Kier molecular flexibility index (Phi) is 6.10. The number of hydrogen-bond acceptors (Lipinski definition) is 7. The largest absolute Gasteiger partial charge is 0.500 e. The molecule has 2 rings (SSSR count). The molecule has 3 N–H and O–H groups in total. The average molecular weight is 358 g/mol. The van der Waals surface area contributed by atoms with Crippen LogP contribution in [0.3, 0.4) is 0 Å². The molecule has 2 aromatic rings. The van der Waals surface area contributed by atoms with Crippen LogP contribution in [0.1, 0.15) is 11.1 Å². The average Bonchev–Trinajstić information content (AvgIpc) is 2.62. The van der Waals surface area contributed by atoms with E-state index in [2.05, 4.69) is 15.8 Å². The van der Waals surface area contributed by atoms with E-state index in [1.165, 1.54) is 19.4 Å². The minimum atomic E-state index is -0.737. The summed E-state index contributed by atoms with van der Waals surface area (Å²) in [7, 11) is 1.28. The third-order valence-corrected chi connectivity index (χ3v) is 3.40. The van der Waals surface area contributed by atoms with E-state index in [0.29, 0.717) is 0 Å². The number of nitro benzene ring substituents is 1. The summed E-state index contributed by atoms with van der Waals surface area (Å²) >= 11 is 0. The van der Waals surface area contributed by atoms with Gasteiger partial charge in [-0.2, -0.15) is 5.10 Å². The summed E-state index contributed by atoms with van der Waals surface area (Å²) in [6, 6.07) is 10.0. The van der Waals surface area contributed by atoms with E-state index < -0.39 is 16.4 Å². The summed E-state index contributed by atoms with van der Waals surface area (Å²) in [6.07, 6.45) is 1.22. The number of phenolic OH excluding ortho intramolecular Hbond substituents is 1. The van der Waals surface area contributed by atoms with Gasteiger partial charge in [-0.1, -0.05) is 17.7 Å². The fourth-order valence-corrected chi connectivity index (χ4v) is 2.06. The summed E-state index contributed by atoms with van der Waals surface area (Å²) in [5.74, 6) is -1.02. The van der Waals surface area contributed by atoms with E-state index in [1.54, 1.807) is 0 Å². The summed E-state index contributed by atoms with van der Waals surface area (Å²) in [6.45, 7) is 1.98. The number of anilines is 1. The van der Waals surface area contributed by atoms with Gasteiger partial charge in [0.2, 0.25) is 5.75 Å². The van der Waals surface area contributed by atoms with Crippen molar-refractivity contribution < 1.29 is 19.6 Å². The summed E-state index contributed by atoms with van der Waals surface area (Å²) in [5, 5.41) is 27.3. The van der Waals surface area contributed by atoms with Gasteiger partial charge in [0.15, 0.2) is 5.75 Å². The smallest absolute Gasteiger partial charge is 0.315 e. The van der Waals surface area contributed by atoms with Crippen LogP contribution in [0.15, 0.2) is 41.5 Å². The molecular formula is C17H18N4O5. The highest BCUT2D eigenvalue weighted by Crippen LogP contribution is 2.36. The topological polar surface area (TPSA) is 126 Å². The van der Waals surface area contributed by atoms with Crippen LogP contribution < -0.4 is 15.5 Å². The quantitative estimate of drug-likeness (QED) is 0.396. The number of nitrogens with zero attached hydrogens (tertiary/aromatic N) is 2. The van der Waals surface area contributed by atoms with Crippen LogP contribution in [0.25, 0.3) is 0 Å². The normalized spacial score (nSPS) is 10.5. The monoisotopic (exact) mass is 358 g/mol. The van der Waals surface area contributed by atoms with E-state index in [9.17, 15) is 20.0 Å². The molecule has 0 aliphatic rings. The third kappa shape index (κ3) is 4.94. The number of amides is 1.